The van der Waals surface area contributed by atoms with Crippen LogP contribution in [0.3, 0.4) is 0 Å². The number of nitrogens with zero attached hydrogens (tertiary/aromatic N) is 3. The van der Waals surface area contributed by atoms with Crippen molar-refractivity contribution in [3.05, 3.63) is 15.8 Å². The van der Waals surface area contributed by atoms with Crippen molar-refractivity contribution in [2.24, 2.45) is 0 Å². The number of anilines is 1. The largest absolute Gasteiger partial charge is 0.361 e. The molecule has 1 aromatic rings. The van der Waals surface area contributed by atoms with E-state index in [1.54, 1.807) is 11.6 Å². The Balaban J connectivity index is 2.30. The molecule has 2 atom stereocenters. The normalized spacial score (nSPS) is 22.7. The molecule has 1 aromatic heterocycles. The van der Waals surface area contributed by atoms with Crippen LogP contribution in [0.1, 0.15) is 31.9 Å². The van der Waals surface area contributed by atoms with E-state index in [2.05, 4.69) is 16.7 Å². The molecule has 2 unspecified atom stereocenters. The molecule has 0 amide bonds. The fourth-order valence-corrected chi connectivity index (χ4v) is 3.65. The Hall–Kier alpha value is -1.24. The predicted octanol–water partition coefficient (Wildman–Crippen LogP) is 2.82. The maximum absolute atomic E-state index is 11.2. The van der Waals surface area contributed by atoms with Crippen molar-refractivity contribution < 1.29 is 4.92 Å². The molecule has 1 saturated carbocycles. The first-order chi connectivity index (χ1) is 9.08. The van der Waals surface area contributed by atoms with Crippen molar-refractivity contribution in [3.63, 3.8) is 0 Å². The van der Waals surface area contributed by atoms with Gasteiger partial charge in [-0.25, -0.2) is 4.68 Å². The van der Waals surface area contributed by atoms with Gasteiger partial charge in [0.15, 0.2) is 0 Å². The van der Waals surface area contributed by atoms with E-state index in [4.69, 9.17) is 0 Å². The second kappa shape index (κ2) is 5.81. The molecular formula is C12H20N4O2S. The van der Waals surface area contributed by atoms with Gasteiger partial charge in [0.1, 0.15) is 5.69 Å². The van der Waals surface area contributed by atoms with E-state index >= 15 is 0 Å². The second-order valence-corrected chi connectivity index (χ2v) is 5.89. The van der Waals surface area contributed by atoms with E-state index in [0.717, 1.165) is 6.42 Å². The average Bonchev–Trinajstić information content (AvgIpc) is 2.93. The van der Waals surface area contributed by atoms with E-state index < -0.39 is 0 Å². The summed E-state index contributed by atoms with van der Waals surface area (Å²) in [5.74, 6) is 0.566. The van der Waals surface area contributed by atoms with Crippen molar-refractivity contribution >= 4 is 23.3 Å². The highest BCUT2D eigenvalue weighted by Crippen LogP contribution is 2.34. The maximum atomic E-state index is 11.2. The molecule has 0 aliphatic heterocycles. The van der Waals surface area contributed by atoms with E-state index in [-0.39, 0.29) is 10.6 Å². The summed E-state index contributed by atoms with van der Waals surface area (Å²) >= 11 is 1.83. The maximum Gasteiger partial charge on any atom is 0.333 e. The first-order valence-electron chi connectivity index (χ1n) is 6.59. The van der Waals surface area contributed by atoms with Crippen molar-refractivity contribution in [3.8, 4) is 0 Å². The number of rotatable bonds is 5. The summed E-state index contributed by atoms with van der Waals surface area (Å²) in [5.41, 5.74) is 0.599. The molecule has 1 N–H and O–H groups in total. The zero-order valence-electron chi connectivity index (χ0n) is 11.5. The SMILES string of the molecule is CCn1nc(C)c([N+](=O)[O-])c1NC1CCCC1SC. The summed E-state index contributed by atoms with van der Waals surface area (Å²) in [5, 5.41) is 19.4. The first-order valence-corrected chi connectivity index (χ1v) is 7.88. The predicted molar refractivity (Wildman–Crippen MR) is 77.9 cm³/mol. The molecule has 1 heterocycles. The molecule has 2 rings (SSSR count). The number of hydrogen-bond acceptors (Lipinski definition) is 5. The lowest BCUT2D eigenvalue weighted by atomic mass is 10.2. The van der Waals surface area contributed by atoms with Crippen LogP contribution in [0, 0.1) is 17.0 Å². The molecule has 19 heavy (non-hydrogen) atoms. The summed E-state index contributed by atoms with van der Waals surface area (Å²) in [4.78, 5) is 10.9. The Morgan fingerprint density at radius 3 is 2.89 bits per heavy atom. The fourth-order valence-electron chi connectivity index (χ4n) is 2.71. The van der Waals surface area contributed by atoms with Gasteiger partial charge in [-0.3, -0.25) is 10.1 Å². The first kappa shape index (κ1) is 14.2. The summed E-state index contributed by atoms with van der Waals surface area (Å²) in [6.07, 6.45) is 5.51. The third kappa shape index (κ3) is 2.70. The minimum atomic E-state index is -0.333. The smallest absolute Gasteiger partial charge is 0.333 e. The molecule has 0 saturated heterocycles. The van der Waals surface area contributed by atoms with Crippen LogP contribution in [0.15, 0.2) is 0 Å². The number of nitro groups is 1. The number of aromatic nitrogens is 2. The second-order valence-electron chi connectivity index (χ2n) is 4.81. The highest BCUT2D eigenvalue weighted by molar-refractivity contribution is 7.99. The minimum absolute atomic E-state index is 0.119. The van der Waals surface area contributed by atoms with E-state index in [1.807, 2.05) is 18.7 Å². The number of nitrogens with one attached hydrogen (secondary N) is 1. The van der Waals surface area contributed by atoms with Gasteiger partial charge in [0.2, 0.25) is 5.82 Å². The lowest BCUT2D eigenvalue weighted by Gasteiger charge is -2.20. The molecule has 0 aromatic carbocycles. The monoisotopic (exact) mass is 284 g/mol. The Morgan fingerprint density at radius 2 is 2.32 bits per heavy atom. The fraction of sp³-hybridized carbons (Fsp3) is 0.750. The van der Waals surface area contributed by atoms with Crippen LogP contribution in [-0.4, -0.2) is 32.3 Å². The number of aryl methyl sites for hydroxylation is 2. The van der Waals surface area contributed by atoms with Crippen molar-refractivity contribution in [2.45, 2.75) is 50.9 Å². The summed E-state index contributed by atoms with van der Waals surface area (Å²) in [6.45, 7) is 4.27. The van der Waals surface area contributed by atoms with Crippen LogP contribution in [0.25, 0.3) is 0 Å². The van der Waals surface area contributed by atoms with Crippen LogP contribution in [0.4, 0.5) is 11.5 Å². The summed E-state index contributed by atoms with van der Waals surface area (Å²) in [7, 11) is 0. The minimum Gasteiger partial charge on any atom is -0.361 e. The van der Waals surface area contributed by atoms with Crippen LogP contribution < -0.4 is 5.32 Å². The van der Waals surface area contributed by atoms with Crippen molar-refractivity contribution in [1.29, 1.82) is 0 Å². The standard InChI is InChI=1S/C12H20N4O2S/c1-4-15-12(11(16(17)18)8(2)14-15)13-9-6-5-7-10(9)19-3/h9-10,13H,4-7H2,1-3H3. The summed E-state index contributed by atoms with van der Waals surface area (Å²) < 4.78 is 1.70. The van der Waals surface area contributed by atoms with Gasteiger partial charge >= 0.3 is 5.69 Å². The molecular weight excluding hydrogens is 264 g/mol. The van der Waals surface area contributed by atoms with Crippen LogP contribution >= 0.6 is 11.8 Å². The van der Waals surface area contributed by atoms with Gasteiger partial charge in [-0.2, -0.15) is 16.9 Å². The Kier molecular flexibility index (Phi) is 4.34. The molecule has 1 aliphatic rings. The van der Waals surface area contributed by atoms with Gasteiger partial charge in [0.05, 0.1) is 4.92 Å². The van der Waals surface area contributed by atoms with Gasteiger partial charge in [-0.15, -0.1) is 0 Å². The van der Waals surface area contributed by atoms with Crippen molar-refractivity contribution in [2.75, 3.05) is 11.6 Å². The molecule has 6 nitrogen and oxygen atoms in total. The molecule has 0 spiro atoms. The Labute approximate surface area is 117 Å². The van der Waals surface area contributed by atoms with Gasteiger partial charge in [0.25, 0.3) is 0 Å². The van der Waals surface area contributed by atoms with Crippen LogP contribution in [-0.2, 0) is 6.54 Å². The average molecular weight is 284 g/mol. The molecule has 0 radical (unpaired) electrons. The van der Waals surface area contributed by atoms with E-state index in [1.165, 1.54) is 12.8 Å². The van der Waals surface area contributed by atoms with Gasteiger partial charge in [-0.05, 0) is 32.9 Å². The zero-order valence-corrected chi connectivity index (χ0v) is 12.4. The van der Waals surface area contributed by atoms with Crippen molar-refractivity contribution in [1.82, 2.24) is 9.78 Å². The number of thioether (sulfide) groups is 1. The third-order valence-corrected chi connectivity index (χ3v) is 4.83. The zero-order chi connectivity index (χ0) is 14.0. The van der Waals surface area contributed by atoms with Gasteiger partial charge < -0.3 is 5.32 Å². The molecule has 0 bridgehead atoms. The summed E-state index contributed by atoms with van der Waals surface area (Å²) in [6, 6.07) is 0.301. The molecule has 7 heteroatoms. The quantitative estimate of drug-likeness (QED) is 0.665. The lowest BCUT2D eigenvalue weighted by molar-refractivity contribution is -0.384. The Bertz CT molecular complexity index is 475. The third-order valence-electron chi connectivity index (χ3n) is 3.66. The highest BCUT2D eigenvalue weighted by atomic mass is 32.2. The van der Waals surface area contributed by atoms with E-state index in [0.29, 0.717) is 29.3 Å². The van der Waals surface area contributed by atoms with E-state index in [9.17, 15) is 10.1 Å². The molecule has 106 valence electrons. The number of hydrogen-bond donors (Lipinski definition) is 1. The van der Waals surface area contributed by atoms with Crippen LogP contribution in [0.5, 0.6) is 0 Å². The lowest BCUT2D eigenvalue weighted by Crippen LogP contribution is -2.27. The topological polar surface area (TPSA) is 73.0 Å². The Morgan fingerprint density at radius 1 is 1.58 bits per heavy atom. The van der Waals surface area contributed by atoms with Gasteiger partial charge in [-0.1, -0.05) is 6.42 Å². The molecule has 1 fully saturated rings. The highest BCUT2D eigenvalue weighted by Gasteiger charge is 2.31. The van der Waals surface area contributed by atoms with Gasteiger partial charge in [0, 0.05) is 17.8 Å². The van der Waals surface area contributed by atoms with Crippen LogP contribution in [0.2, 0.25) is 0 Å². The molecule has 1 aliphatic carbocycles.